The Balaban J connectivity index is 0.000000166. The minimum absolute atomic E-state index is 0.263. The smallest absolute Gasteiger partial charge is 0.0215 e. The fourth-order valence-electron chi connectivity index (χ4n) is 6.25. The standard InChI is InChI=1S/C21H26.C13H10.C4H9Br/c1-3-5-15-21(16-6-4-2)19-13-9-7-11-17(19)18-12-8-10-14-20(18)21;1-3-7-12-10(5-1)9-11-6-2-4-8-13(11)12;1-2-3-4-5/h7-14H,3-6,15-16H2,1-2H3;1-8H,9H2;2-4H2,1H3. The zero-order valence-corrected chi connectivity index (χ0v) is 25.8. The van der Waals surface area contributed by atoms with Crippen molar-refractivity contribution in [2.75, 3.05) is 5.33 Å². The van der Waals surface area contributed by atoms with Gasteiger partial charge in [0.25, 0.3) is 0 Å². The number of rotatable bonds is 8. The van der Waals surface area contributed by atoms with Crippen LogP contribution in [0.1, 0.15) is 94.4 Å². The van der Waals surface area contributed by atoms with Crippen LogP contribution in [0.25, 0.3) is 22.3 Å². The Morgan fingerprint density at radius 2 is 0.897 bits per heavy atom. The van der Waals surface area contributed by atoms with Gasteiger partial charge in [0.15, 0.2) is 0 Å². The van der Waals surface area contributed by atoms with Crippen molar-refractivity contribution in [1.29, 1.82) is 0 Å². The highest BCUT2D eigenvalue weighted by Crippen LogP contribution is 2.53. The molecular weight excluding hydrogens is 536 g/mol. The maximum atomic E-state index is 3.31. The molecule has 0 amide bonds. The molecule has 0 N–H and O–H groups in total. The van der Waals surface area contributed by atoms with Gasteiger partial charge in [0.1, 0.15) is 0 Å². The largest absolute Gasteiger partial charge is 0.0928 e. The van der Waals surface area contributed by atoms with Crippen LogP contribution < -0.4 is 0 Å². The number of benzene rings is 4. The molecule has 2 aliphatic carbocycles. The van der Waals surface area contributed by atoms with Crippen molar-refractivity contribution in [3.05, 3.63) is 119 Å². The molecule has 0 saturated carbocycles. The molecule has 0 spiro atoms. The Kier molecular flexibility index (Phi) is 11.0. The molecular formula is C38H45Br. The van der Waals surface area contributed by atoms with Gasteiger partial charge in [-0.25, -0.2) is 0 Å². The van der Waals surface area contributed by atoms with E-state index < -0.39 is 0 Å². The summed E-state index contributed by atoms with van der Waals surface area (Å²) in [6, 6.07) is 35.5. The zero-order valence-electron chi connectivity index (χ0n) is 24.2. The molecule has 0 nitrogen and oxygen atoms in total. The first-order chi connectivity index (χ1) is 19.2. The highest BCUT2D eigenvalue weighted by Gasteiger charge is 2.41. The van der Waals surface area contributed by atoms with E-state index in [1.807, 2.05) is 0 Å². The SMILES string of the molecule is CCCCBr.CCCCC1(CCCC)c2ccccc2-c2ccccc21.c1ccc2c(c1)Cc1ccccc1-2. The summed E-state index contributed by atoms with van der Waals surface area (Å²) >= 11 is 3.31. The van der Waals surface area contributed by atoms with E-state index in [0.717, 1.165) is 11.8 Å². The minimum atomic E-state index is 0.263. The van der Waals surface area contributed by atoms with E-state index in [2.05, 4.69) is 134 Å². The fourth-order valence-corrected chi connectivity index (χ4v) is 6.81. The van der Waals surface area contributed by atoms with E-state index in [0.29, 0.717) is 0 Å². The second kappa shape index (κ2) is 14.7. The molecule has 39 heavy (non-hydrogen) atoms. The summed E-state index contributed by atoms with van der Waals surface area (Å²) in [6.07, 6.45) is 11.5. The Morgan fingerprint density at radius 3 is 1.28 bits per heavy atom. The topological polar surface area (TPSA) is 0 Å². The molecule has 4 aromatic rings. The van der Waals surface area contributed by atoms with Crippen molar-refractivity contribution in [2.24, 2.45) is 0 Å². The third-order valence-corrected chi connectivity index (χ3v) is 8.84. The molecule has 0 aromatic heterocycles. The van der Waals surface area contributed by atoms with E-state index in [-0.39, 0.29) is 5.41 Å². The lowest BCUT2D eigenvalue weighted by atomic mass is 9.71. The van der Waals surface area contributed by atoms with Crippen molar-refractivity contribution < 1.29 is 0 Å². The van der Waals surface area contributed by atoms with Crippen LogP contribution in [0.4, 0.5) is 0 Å². The third kappa shape index (κ3) is 6.58. The minimum Gasteiger partial charge on any atom is -0.0928 e. The van der Waals surface area contributed by atoms with Gasteiger partial charge in [0.2, 0.25) is 0 Å². The number of halogens is 1. The fraction of sp³-hybridized carbons (Fsp3) is 0.368. The summed E-state index contributed by atoms with van der Waals surface area (Å²) in [7, 11) is 0. The molecule has 0 radical (unpaired) electrons. The molecule has 0 saturated heterocycles. The summed E-state index contributed by atoms with van der Waals surface area (Å²) in [5.74, 6) is 0. The zero-order chi connectivity index (χ0) is 27.5. The maximum Gasteiger partial charge on any atom is 0.0215 e. The second-order valence-electron chi connectivity index (χ2n) is 10.9. The number of fused-ring (bicyclic) bond motifs is 6. The van der Waals surface area contributed by atoms with Crippen LogP contribution in [0.5, 0.6) is 0 Å². The molecule has 0 atom stereocenters. The second-order valence-corrected chi connectivity index (χ2v) is 11.7. The maximum absolute atomic E-state index is 3.31. The van der Waals surface area contributed by atoms with Gasteiger partial charge in [-0.1, -0.05) is 166 Å². The number of hydrogen-bond acceptors (Lipinski definition) is 0. The van der Waals surface area contributed by atoms with Gasteiger partial charge in [0, 0.05) is 10.7 Å². The van der Waals surface area contributed by atoms with Crippen LogP contribution in [0.15, 0.2) is 97.1 Å². The number of unbranched alkanes of at least 4 members (excludes halogenated alkanes) is 3. The Bertz CT molecular complexity index is 1220. The first kappa shape index (κ1) is 29.3. The van der Waals surface area contributed by atoms with Crippen LogP contribution >= 0.6 is 15.9 Å². The third-order valence-electron chi connectivity index (χ3n) is 8.28. The molecule has 0 unspecified atom stereocenters. The molecule has 4 aromatic carbocycles. The van der Waals surface area contributed by atoms with Gasteiger partial charge in [-0.05, 0) is 70.2 Å². The van der Waals surface area contributed by atoms with Gasteiger partial charge >= 0.3 is 0 Å². The van der Waals surface area contributed by atoms with E-state index in [4.69, 9.17) is 0 Å². The van der Waals surface area contributed by atoms with Crippen molar-refractivity contribution in [3.8, 4) is 22.3 Å². The predicted molar refractivity (Wildman–Crippen MR) is 175 cm³/mol. The number of alkyl halides is 1. The van der Waals surface area contributed by atoms with Gasteiger partial charge in [-0.15, -0.1) is 0 Å². The normalized spacial score (nSPS) is 13.1. The number of hydrogen-bond donors (Lipinski definition) is 0. The van der Waals surface area contributed by atoms with Crippen LogP contribution in [0, 0.1) is 0 Å². The summed E-state index contributed by atoms with van der Waals surface area (Å²) < 4.78 is 0. The van der Waals surface area contributed by atoms with Gasteiger partial charge in [-0.2, -0.15) is 0 Å². The van der Waals surface area contributed by atoms with Crippen LogP contribution in [-0.2, 0) is 11.8 Å². The highest BCUT2D eigenvalue weighted by molar-refractivity contribution is 9.09. The quantitative estimate of drug-likeness (QED) is 0.160. The lowest BCUT2D eigenvalue weighted by Crippen LogP contribution is -2.25. The van der Waals surface area contributed by atoms with Gasteiger partial charge in [-0.3, -0.25) is 0 Å². The highest BCUT2D eigenvalue weighted by atomic mass is 79.9. The molecule has 0 heterocycles. The molecule has 1 heteroatoms. The molecule has 2 aliphatic rings. The Hall–Kier alpha value is -2.64. The molecule has 0 fully saturated rings. The predicted octanol–water partition coefficient (Wildman–Crippen LogP) is 11.8. The summed E-state index contributed by atoms with van der Waals surface area (Å²) in [6.45, 7) is 6.79. The first-order valence-corrected chi connectivity index (χ1v) is 16.2. The van der Waals surface area contributed by atoms with Crippen LogP contribution in [0.3, 0.4) is 0 Å². The van der Waals surface area contributed by atoms with E-state index >= 15 is 0 Å². The lowest BCUT2D eigenvalue weighted by Gasteiger charge is -2.32. The van der Waals surface area contributed by atoms with Gasteiger partial charge in [0.05, 0.1) is 0 Å². The van der Waals surface area contributed by atoms with Crippen LogP contribution in [0.2, 0.25) is 0 Å². The van der Waals surface area contributed by atoms with Crippen molar-refractivity contribution in [3.63, 3.8) is 0 Å². The average molecular weight is 582 g/mol. The van der Waals surface area contributed by atoms with Crippen molar-refractivity contribution in [2.45, 2.75) is 84.0 Å². The molecule has 0 aliphatic heterocycles. The monoisotopic (exact) mass is 580 g/mol. The Morgan fingerprint density at radius 1 is 0.513 bits per heavy atom. The van der Waals surface area contributed by atoms with Crippen LogP contribution in [-0.4, -0.2) is 5.33 Å². The van der Waals surface area contributed by atoms with Gasteiger partial charge < -0.3 is 0 Å². The van der Waals surface area contributed by atoms with E-state index in [1.54, 1.807) is 11.1 Å². The summed E-state index contributed by atoms with van der Waals surface area (Å²) in [4.78, 5) is 0. The molecule has 204 valence electrons. The van der Waals surface area contributed by atoms with Crippen molar-refractivity contribution >= 4 is 15.9 Å². The Labute approximate surface area is 246 Å². The first-order valence-electron chi connectivity index (χ1n) is 15.1. The molecule has 0 bridgehead atoms. The van der Waals surface area contributed by atoms with E-state index in [9.17, 15) is 0 Å². The summed E-state index contributed by atoms with van der Waals surface area (Å²) in [5.41, 5.74) is 12.1. The van der Waals surface area contributed by atoms with E-state index in [1.165, 1.54) is 84.7 Å². The molecule has 6 rings (SSSR count). The lowest BCUT2D eigenvalue weighted by molar-refractivity contribution is 0.414. The average Bonchev–Trinajstić information content (AvgIpc) is 3.50. The van der Waals surface area contributed by atoms with Crippen molar-refractivity contribution in [1.82, 2.24) is 0 Å². The summed E-state index contributed by atoms with van der Waals surface area (Å²) in [5, 5.41) is 1.16.